The maximum absolute atomic E-state index is 11.8. The standard InChI is InChI=1S/C8H13F3O2/c1-3-6(12)4-7(2,13)5-8(9,10)11/h13H,3-5H2,1-2H3. The molecule has 0 saturated carbocycles. The lowest BCUT2D eigenvalue weighted by Gasteiger charge is -2.23. The molecule has 0 aromatic rings. The van der Waals surface area contributed by atoms with E-state index in [2.05, 4.69) is 0 Å². The number of alkyl halides is 3. The van der Waals surface area contributed by atoms with Crippen LogP contribution >= 0.6 is 0 Å². The topological polar surface area (TPSA) is 37.3 Å². The molecule has 5 heteroatoms. The van der Waals surface area contributed by atoms with Crippen molar-refractivity contribution in [1.82, 2.24) is 0 Å². The lowest BCUT2D eigenvalue weighted by atomic mass is 9.94. The Balaban J connectivity index is 4.16. The zero-order valence-corrected chi connectivity index (χ0v) is 7.61. The second-order valence-electron chi connectivity index (χ2n) is 3.36. The highest BCUT2D eigenvalue weighted by atomic mass is 19.4. The lowest BCUT2D eigenvalue weighted by Crippen LogP contribution is -2.33. The Morgan fingerprint density at radius 2 is 1.85 bits per heavy atom. The number of hydrogen-bond acceptors (Lipinski definition) is 2. The normalized spacial score (nSPS) is 16.8. The average Bonchev–Trinajstić information content (AvgIpc) is 1.80. The van der Waals surface area contributed by atoms with Crippen LogP contribution in [0.5, 0.6) is 0 Å². The van der Waals surface area contributed by atoms with Gasteiger partial charge in [-0.25, -0.2) is 0 Å². The van der Waals surface area contributed by atoms with Gasteiger partial charge in [0, 0.05) is 12.8 Å². The molecule has 0 fully saturated rings. The van der Waals surface area contributed by atoms with Crippen molar-refractivity contribution in [3.05, 3.63) is 0 Å². The van der Waals surface area contributed by atoms with Crippen molar-refractivity contribution >= 4 is 5.78 Å². The van der Waals surface area contributed by atoms with E-state index < -0.39 is 24.6 Å². The maximum Gasteiger partial charge on any atom is 0.391 e. The summed E-state index contributed by atoms with van der Waals surface area (Å²) >= 11 is 0. The van der Waals surface area contributed by atoms with Crippen molar-refractivity contribution in [3.8, 4) is 0 Å². The highest BCUT2D eigenvalue weighted by Crippen LogP contribution is 2.29. The highest BCUT2D eigenvalue weighted by molar-refractivity contribution is 5.78. The molecule has 1 unspecified atom stereocenters. The summed E-state index contributed by atoms with van der Waals surface area (Å²) in [5.41, 5.74) is -1.97. The van der Waals surface area contributed by atoms with Crippen LogP contribution in [0.15, 0.2) is 0 Å². The third kappa shape index (κ3) is 6.57. The van der Waals surface area contributed by atoms with E-state index in [4.69, 9.17) is 0 Å². The molecule has 0 spiro atoms. The van der Waals surface area contributed by atoms with Crippen LogP contribution in [0, 0.1) is 0 Å². The van der Waals surface area contributed by atoms with E-state index in [1.165, 1.54) is 0 Å². The van der Waals surface area contributed by atoms with Crippen LogP contribution in [0.3, 0.4) is 0 Å². The molecule has 1 N–H and O–H groups in total. The van der Waals surface area contributed by atoms with Gasteiger partial charge in [0.25, 0.3) is 0 Å². The summed E-state index contributed by atoms with van der Waals surface area (Å²) < 4.78 is 35.5. The first-order chi connectivity index (χ1) is 5.66. The van der Waals surface area contributed by atoms with Crippen LogP contribution in [-0.4, -0.2) is 22.7 Å². The molecule has 0 bridgehead atoms. The first kappa shape index (κ1) is 12.4. The number of ketones is 1. The smallest absolute Gasteiger partial charge is 0.389 e. The van der Waals surface area contributed by atoms with E-state index in [1.54, 1.807) is 6.92 Å². The second-order valence-corrected chi connectivity index (χ2v) is 3.36. The third-order valence-electron chi connectivity index (χ3n) is 1.55. The van der Waals surface area contributed by atoms with E-state index in [0.29, 0.717) is 0 Å². The molecular weight excluding hydrogens is 185 g/mol. The van der Waals surface area contributed by atoms with Crippen molar-refractivity contribution in [3.63, 3.8) is 0 Å². The second kappa shape index (κ2) is 4.09. The van der Waals surface area contributed by atoms with E-state index >= 15 is 0 Å². The molecule has 0 saturated heterocycles. The van der Waals surface area contributed by atoms with Crippen molar-refractivity contribution in [2.75, 3.05) is 0 Å². The summed E-state index contributed by atoms with van der Waals surface area (Å²) in [7, 11) is 0. The van der Waals surface area contributed by atoms with Crippen molar-refractivity contribution in [1.29, 1.82) is 0 Å². The largest absolute Gasteiger partial charge is 0.391 e. The van der Waals surface area contributed by atoms with Crippen LogP contribution in [0.4, 0.5) is 13.2 Å². The Hall–Kier alpha value is -0.580. The summed E-state index contributed by atoms with van der Waals surface area (Å²) in [6.45, 7) is 2.57. The molecule has 2 nitrogen and oxygen atoms in total. The Labute approximate surface area is 74.7 Å². The number of hydrogen-bond donors (Lipinski definition) is 1. The van der Waals surface area contributed by atoms with E-state index in [9.17, 15) is 23.1 Å². The Kier molecular flexibility index (Phi) is 3.90. The van der Waals surface area contributed by atoms with Gasteiger partial charge in [0.2, 0.25) is 0 Å². The van der Waals surface area contributed by atoms with Gasteiger partial charge >= 0.3 is 6.18 Å². The van der Waals surface area contributed by atoms with Crippen LogP contribution in [0.1, 0.15) is 33.1 Å². The number of rotatable bonds is 4. The summed E-state index contributed by atoms with van der Waals surface area (Å²) in [5.74, 6) is -0.366. The molecule has 0 aliphatic heterocycles. The predicted molar refractivity (Wildman–Crippen MR) is 41.2 cm³/mol. The minimum absolute atomic E-state index is 0.147. The number of aliphatic hydroxyl groups is 1. The molecule has 0 rings (SSSR count). The molecule has 0 aromatic carbocycles. The zero-order chi connectivity index (χ0) is 10.7. The maximum atomic E-state index is 11.8. The predicted octanol–water partition coefficient (Wildman–Crippen LogP) is 2.06. The number of carbonyl (C=O) groups excluding carboxylic acids is 1. The summed E-state index contributed by atoms with van der Waals surface area (Å²) in [6.07, 6.45) is -6.07. The lowest BCUT2D eigenvalue weighted by molar-refractivity contribution is -0.174. The first-order valence-corrected chi connectivity index (χ1v) is 3.97. The van der Waals surface area contributed by atoms with Gasteiger partial charge in [-0.1, -0.05) is 6.92 Å². The Morgan fingerprint density at radius 3 is 2.15 bits per heavy atom. The molecule has 0 aliphatic carbocycles. The van der Waals surface area contributed by atoms with Gasteiger partial charge in [0.05, 0.1) is 12.0 Å². The summed E-state index contributed by atoms with van der Waals surface area (Å²) in [4.78, 5) is 10.8. The monoisotopic (exact) mass is 198 g/mol. The molecule has 78 valence electrons. The fourth-order valence-corrected chi connectivity index (χ4v) is 1.04. The molecule has 0 heterocycles. The van der Waals surface area contributed by atoms with Crippen molar-refractivity contribution < 1.29 is 23.1 Å². The van der Waals surface area contributed by atoms with Gasteiger partial charge in [-0.15, -0.1) is 0 Å². The van der Waals surface area contributed by atoms with Gasteiger partial charge in [-0.2, -0.15) is 13.2 Å². The summed E-state index contributed by atoms with van der Waals surface area (Å²) in [5, 5.41) is 9.21. The number of Topliss-reactive ketones (excluding diaryl/α,β-unsaturated/α-hetero) is 1. The van der Waals surface area contributed by atoms with Crippen LogP contribution in [0.2, 0.25) is 0 Å². The molecule has 0 amide bonds. The quantitative estimate of drug-likeness (QED) is 0.750. The minimum atomic E-state index is -4.43. The summed E-state index contributed by atoms with van der Waals surface area (Å²) in [6, 6.07) is 0. The zero-order valence-electron chi connectivity index (χ0n) is 7.61. The average molecular weight is 198 g/mol. The van der Waals surface area contributed by atoms with Crippen LogP contribution in [0.25, 0.3) is 0 Å². The molecular formula is C8H13F3O2. The fourth-order valence-electron chi connectivity index (χ4n) is 1.04. The Morgan fingerprint density at radius 1 is 1.38 bits per heavy atom. The van der Waals surface area contributed by atoms with E-state index in [0.717, 1.165) is 6.92 Å². The third-order valence-corrected chi connectivity index (χ3v) is 1.55. The Bertz CT molecular complexity index is 184. The van der Waals surface area contributed by atoms with Gasteiger partial charge in [-0.05, 0) is 6.92 Å². The van der Waals surface area contributed by atoms with Gasteiger partial charge in [-0.3, -0.25) is 4.79 Å². The van der Waals surface area contributed by atoms with Crippen LogP contribution in [-0.2, 0) is 4.79 Å². The number of halogens is 3. The molecule has 0 radical (unpaired) electrons. The van der Waals surface area contributed by atoms with Gasteiger partial charge < -0.3 is 5.11 Å². The van der Waals surface area contributed by atoms with Gasteiger partial charge in [0.15, 0.2) is 0 Å². The van der Waals surface area contributed by atoms with Crippen molar-refractivity contribution in [2.24, 2.45) is 0 Å². The van der Waals surface area contributed by atoms with Crippen molar-refractivity contribution in [2.45, 2.75) is 44.9 Å². The van der Waals surface area contributed by atoms with E-state index in [-0.39, 0.29) is 12.2 Å². The molecule has 1 atom stereocenters. The highest BCUT2D eigenvalue weighted by Gasteiger charge is 2.38. The number of carbonyl (C=O) groups is 1. The van der Waals surface area contributed by atoms with Crippen LogP contribution < -0.4 is 0 Å². The SMILES string of the molecule is CCC(=O)CC(C)(O)CC(F)(F)F. The van der Waals surface area contributed by atoms with E-state index in [1.807, 2.05) is 0 Å². The fraction of sp³-hybridized carbons (Fsp3) is 0.875. The molecule has 13 heavy (non-hydrogen) atoms. The molecule has 0 aromatic heterocycles. The minimum Gasteiger partial charge on any atom is -0.389 e. The molecule has 0 aliphatic rings. The van der Waals surface area contributed by atoms with Gasteiger partial charge in [0.1, 0.15) is 5.78 Å². The first-order valence-electron chi connectivity index (χ1n) is 3.97.